The predicted molar refractivity (Wildman–Crippen MR) is 150 cm³/mol. The van der Waals surface area contributed by atoms with Crippen LogP contribution < -0.4 is 16.0 Å². The van der Waals surface area contributed by atoms with Crippen LogP contribution >= 0.6 is 46.3 Å². The van der Waals surface area contributed by atoms with Gasteiger partial charge in [0.25, 0.3) is 0 Å². The molecule has 2 heterocycles. The van der Waals surface area contributed by atoms with Crippen molar-refractivity contribution in [1.29, 1.82) is 5.26 Å². The minimum absolute atomic E-state index is 0.0265. The second-order valence-corrected chi connectivity index (χ2v) is 11.7. The quantitative estimate of drug-likeness (QED) is 0.329. The summed E-state index contributed by atoms with van der Waals surface area (Å²) in [6.07, 6.45) is 1.48. The van der Waals surface area contributed by atoms with E-state index in [1.807, 2.05) is 0 Å². The van der Waals surface area contributed by atoms with E-state index in [1.165, 1.54) is 29.5 Å². The summed E-state index contributed by atoms with van der Waals surface area (Å²) in [5, 5.41) is 22.2. The van der Waals surface area contributed by atoms with Crippen molar-refractivity contribution in [2.45, 2.75) is 29.5 Å². The van der Waals surface area contributed by atoms with E-state index in [-0.39, 0.29) is 28.6 Å². The van der Waals surface area contributed by atoms with Crippen LogP contribution in [0.4, 0.5) is 15.2 Å². The standard InChI is InChI=1S/C26H19Cl2FN6O2S2/c27-13-8-9-14(16(28)10-13)22-15(11-30)24(31)35(19-6-3-7-20(36)23(19)22)25-33-34-26(39-25)38-12-21(37)32-18-5-2-1-4-17(18)29/h1-2,4-5,8-10,22H,3,6-7,12,31H2,(H,32,37). The first kappa shape index (κ1) is 27.1. The number of rotatable bonds is 6. The number of nitrogens with zero attached hydrogens (tertiary/aromatic N) is 4. The van der Waals surface area contributed by atoms with Crippen molar-refractivity contribution in [1.82, 2.24) is 10.2 Å². The van der Waals surface area contributed by atoms with Crippen molar-refractivity contribution < 1.29 is 14.0 Å². The van der Waals surface area contributed by atoms with Crippen LogP contribution in [0, 0.1) is 17.1 Å². The highest BCUT2D eigenvalue weighted by molar-refractivity contribution is 8.01. The average Bonchev–Trinajstić information content (AvgIpc) is 3.37. The van der Waals surface area contributed by atoms with Crippen molar-refractivity contribution in [3.63, 3.8) is 0 Å². The molecule has 1 aliphatic carbocycles. The van der Waals surface area contributed by atoms with Gasteiger partial charge in [-0.15, -0.1) is 10.2 Å². The molecule has 1 unspecified atom stereocenters. The number of hydrogen-bond acceptors (Lipinski definition) is 9. The maximum Gasteiger partial charge on any atom is 0.234 e. The average molecular weight is 602 g/mol. The first-order valence-electron chi connectivity index (χ1n) is 11.7. The molecule has 0 saturated heterocycles. The number of halogens is 3. The number of benzene rings is 2. The zero-order chi connectivity index (χ0) is 27.7. The molecule has 2 aliphatic rings. The molecule has 1 aliphatic heterocycles. The lowest BCUT2D eigenvalue weighted by molar-refractivity contribution is -0.116. The number of carbonyl (C=O) groups is 2. The van der Waals surface area contributed by atoms with Crippen molar-refractivity contribution >= 4 is 68.8 Å². The van der Waals surface area contributed by atoms with Gasteiger partial charge < -0.3 is 11.1 Å². The molecule has 3 aromatic rings. The van der Waals surface area contributed by atoms with E-state index in [4.69, 9.17) is 28.9 Å². The highest BCUT2D eigenvalue weighted by Gasteiger charge is 2.42. The number of aromatic nitrogens is 2. The third-order valence-corrected chi connectivity index (χ3v) is 8.85. The van der Waals surface area contributed by atoms with Gasteiger partial charge in [-0.25, -0.2) is 4.39 Å². The molecule has 1 atom stereocenters. The summed E-state index contributed by atoms with van der Waals surface area (Å²) in [6.45, 7) is 0. The molecule has 0 bridgehead atoms. The number of amides is 1. The fourth-order valence-corrected chi connectivity index (χ4v) is 6.78. The van der Waals surface area contributed by atoms with E-state index in [0.717, 1.165) is 11.8 Å². The number of ketones is 1. The first-order chi connectivity index (χ1) is 18.8. The Bertz CT molecular complexity index is 1600. The molecule has 13 heteroatoms. The summed E-state index contributed by atoms with van der Waals surface area (Å²) in [4.78, 5) is 27.2. The molecule has 2 aromatic carbocycles. The summed E-state index contributed by atoms with van der Waals surface area (Å²) in [7, 11) is 0. The minimum Gasteiger partial charge on any atom is -0.384 e. The van der Waals surface area contributed by atoms with E-state index in [2.05, 4.69) is 21.6 Å². The summed E-state index contributed by atoms with van der Waals surface area (Å²) < 4.78 is 14.3. The van der Waals surface area contributed by atoms with Crippen LogP contribution in [0.1, 0.15) is 30.7 Å². The Morgan fingerprint density at radius 3 is 2.79 bits per heavy atom. The molecule has 1 amide bonds. The van der Waals surface area contributed by atoms with Crippen molar-refractivity contribution in [3.05, 3.63) is 86.6 Å². The first-order valence-corrected chi connectivity index (χ1v) is 14.3. The van der Waals surface area contributed by atoms with Crippen LogP contribution in [0.15, 0.2) is 69.5 Å². The minimum atomic E-state index is -0.734. The van der Waals surface area contributed by atoms with Crippen molar-refractivity contribution in [3.8, 4) is 6.07 Å². The Morgan fingerprint density at radius 1 is 1.26 bits per heavy atom. The normalized spacial score (nSPS) is 17.2. The Balaban J connectivity index is 1.44. The summed E-state index contributed by atoms with van der Waals surface area (Å²) in [5.74, 6) is -1.66. The van der Waals surface area contributed by atoms with Gasteiger partial charge in [0.2, 0.25) is 11.0 Å². The fraction of sp³-hybridized carbons (Fsp3) is 0.192. The lowest BCUT2D eigenvalue weighted by atomic mass is 9.76. The van der Waals surface area contributed by atoms with Gasteiger partial charge in [0.15, 0.2) is 10.1 Å². The highest BCUT2D eigenvalue weighted by Crippen LogP contribution is 2.48. The Hall–Kier alpha value is -3.43. The lowest BCUT2D eigenvalue weighted by Crippen LogP contribution is -2.38. The second-order valence-electron chi connectivity index (χ2n) is 8.65. The summed E-state index contributed by atoms with van der Waals surface area (Å²) in [6, 6.07) is 13.0. The van der Waals surface area contributed by atoms with E-state index in [9.17, 15) is 19.2 Å². The number of nitrogens with two attached hydrogens (primary N) is 1. The SMILES string of the molecule is N#CC1=C(N)N(c2nnc(SCC(=O)Nc3ccccc3F)s2)C2=C(C(=O)CCC2)C1c1ccc(Cl)cc1Cl. The Morgan fingerprint density at radius 2 is 2.05 bits per heavy atom. The Labute approximate surface area is 241 Å². The van der Waals surface area contributed by atoms with Crippen molar-refractivity contribution in [2.24, 2.45) is 5.73 Å². The smallest absolute Gasteiger partial charge is 0.234 e. The number of hydrogen-bond donors (Lipinski definition) is 2. The number of carbonyl (C=O) groups excluding carboxylic acids is 2. The molecule has 5 rings (SSSR count). The maximum absolute atomic E-state index is 13.8. The van der Waals surface area contributed by atoms with Gasteiger partial charge in [-0.2, -0.15) is 5.26 Å². The molecule has 0 saturated carbocycles. The van der Waals surface area contributed by atoms with E-state index >= 15 is 0 Å². The zero-order valence-electron chi connectivity index (χ0n) is 20.1. The molecule has 3 N–H and O–H groups in total. The number of para-hydroxylation sites is 1. The van der Waals surface area contributed by atoms with Gasteiger partial charge in [-0.1, -0.05) is 64.5 Å². The number of anilines is 2. The monoisotopic (exact) mass is 600 g/mol. The van der Waals surface area contributed by atoms with Crippen LogP contribution in [0.5, 0.6) is 0 Å². The van der Waals surface area contributed by atoms with Crippen LogP contribution in [0.3, 0.4) is 0 Å². The van der Waals surface area contributed by atoms with Crippen LogP contribution in [0.2, 0.25) is 10.0 Å². The predicted octanol–water partition coefficient (Wildman–Crippen LogP) is 6.02. The molecule has 39 heavy (non-hydrogen) atoms. The number of thioether (sulfide) groups is 1. The van der Waals surface area contributed by atoms with Crippen LogP contribution in [-0.4, -0.2) is 27.6 Å². The molecular weight excluding hydrogens is 582 g/mol. The lowest BCUT2D eigenvalue weighted by Gasteiger charge is -2.38. The van der Waals surface area contributed by atoms with Gasteiger partial charge >= 0.3 is 0 Å². The maximum atomic E-state index is 13.8. The molecule has 0 radical (unpaired) electrons. The van der Waals surface area contributed by atoms with Gasteiger partial charge in [0, 0.05) is 27.7 Å². The summed E-state index contributed by atoms with van der Waals surface area (Å²) >= 11 is 14.9. The number of allylic oxidation sites excluding steroid dienone is 3. The third-order valence-electron chi connectivity index (χ3n) is 6.25. The second kappa shape index (κ2) is 11.4. The zero-order valence-corrected chi connectivity index (χ0v) is 23.2. The van der Waals surface area contributed by atoms with E-state index in [1.54, 1.807) is 29.2 Å². The number of nitrogens with one attached hydrogen (secondary N) is 1. The van der Waals surface area contributed by atoms with E-state index < -0.39 is 17.6 Å². The molecule has 1 aromatic heterocycles. The number of nitriles is 1. The third kappa shape index (κ3) is 5.38. The molecule has 0 spiro atoms. The largest absolute Gasteiger partial charge is 0.384 e. The Kier molecular flexibility index (Phi) is 7.91. The van der Waals surface area contributed by atoms with E-state index in [0.29, 0.717) is 55.6 Å². The van der Waals surface area contributed by atoms with Gasteiger partial charge in [-0.05, 0) is 42.7 Å². The van der Waals surface area contributed by atoms with Gasteiger partial charge in [0.05, 0.1) is 29.0 Å². The molecule has 198 valence electrons. The topological polar surface area (TPSA) is 125 Å². The van der Waals surface area contributed by atoms with Crippen LogP contribution in [0.25, 0.3) is 0 Å². The van der Waals surface area contributed by atoms with Crippen LogP contribution in [-0.2, 0) is 9.59 Å². The molecular formula is C26H19Cl2FN6O2S2. The molecule has 8 nitrogen and oxygen atoms in total. The van der Waals surface area contributed by atoms with Gasteiger partial charge in [-0.3, -0.25) is 14.5 Å². The fourth-order valence-electron chi connectivity index (χ4n) is 4.58. The van der Waals surface area contributed by atoms with Crippen molar-refractivity contribution in [2.75, 3.05) is 16.0 Å². The van der Waals surface area contributed by atoms with Gasteiger partial charge in [0.1, 0.15) is 11.6 Å². The molecule has 0 fully saturated rings. The highest BCUT2D eigenvalue weighted by atomic mass is 35.5. The number of Topliss-reactive ketones (excluding diaryl/α,β-unsaturated/α-hetero) is 1. The summed E-state index contributed by atoms with van der Waals surface area (Å²) in [5.41, 5.74) is 8.48.